The summed E-state index contributed by atoms with van der Waals surface area (Å²) in [7, 11) is 0. The van der Waals surface area contributed by atoms with Crippen molar-refractivity contribution in [3.05, 3.63) is 46.4 Å². The molecule has 2 aliphatic heterocycles. The number of hydrogen-bond acceptors (Lipinski definition) is 7. The molecule has 1 N–H and O–H groups in total. The van der Waals surface area contributed by atoms with Crippen LogP contribution in [0, 0.1) is 6.57 Å². The Morgan fingerprint density at radius 2 is 1.88 bits per heavy atom. The number of H-pyrrole nitrogens is 1. The van der Waals surface area contributed by atoms with Crippen LogP contribution in [0.2, 0.25) is 0 Å². The molecule has 0 aliphatic carbocycles. The van der Waals surface area contributed by atoms with E-state index in [-0.39, 0.29) is 11.7 Å². The Bertz CT molecular complexity index is 1430. The first-order valence-corrected chi connectivity index (χ1v) is 11.0. The third-order valence-electron chi connectivity index (χ3n) is 6.28. The van der Waals surface area contributed by atoms with Crippen LogP contribution in [0.3, 0.4) is 0 Å². The summed E-state index contributed by atoms with van der Waals surface area (Å²) in [5.74, 6) is 1.08. The Balaban J connectivity index is 1.59. The van der Waals surface area contributed by atoms with Gasteiger partial charge in [-0.25, -0.2) is 14.6 Å². The number of nitrogens with zero attached hydrogens (tertiary/aromatic N) is 7. The van der Waals surface area contributed by atoms with Crippen molar-refractivity contribution in [3.8, 4) is 5.95 Å². The van der Waals surface area contributed by atoms with Crippen LogP contribution in [0.25, 0.3) is 33.0 Å². The second-order valence-electron chi connectivity index (χ2n) is 8.19. The molecular formula is C22H22N8O3. The van der Waals surface area contributed by atoms with Crippen molar-refractivity contribution in [1.29, 1.82) is 0 Å². The van der Waals surface area contributed by atoms with E-state index in [9.17, 15) is 4.79 Å². The zero-order chi connectivity index (χ0) is 22.4. The van der Waals surface area contributed by atoms with Crippen molar-refractivity contribution in [3.63, 3.8) is 0 Å². The molecule has 0 bridgehead atoms. The Labute approximate surface area is 188 Å². The van der Waals surface area contributed by atoms with Crippen molar-refractivity contribution in [2.24, 2.45) is 0 Å². The zero-order valence-corrected chi connectivity index (χ0v) is 17.9. The average Bonchev–Trinajstić information content (AvgIpc) is 3.44. The van der Waals surface area contributed by atoms with E-state index in [1.165, 1.54) is 0 Å². The van der Waals surface area contributed by atoms with E-state index in [2.05, 4.69) is 19.7 Å². The summed E-state index contributed by atoms with van der Waals surface area (Å²) in [6, 6.07) is 5.34. The highest BCUT2D eigenvalue weighted by Crippen LogP contribution is 2.29. The highest BCUT2D eigenvalue weighted by Gasteiger charge is 2.26. The van der Waals surface area contributed by atoms with Crippen molar-refractivity contribution in [1.82, 2.24) is 29.1 Å². The lowest BCUT2D eigenvalue weighted by Gasteiger charge is -2.28. The maximum Gasteiger partial charge on any atom is 0.328 e. The van der Waals surface area contributed by atoms with Gasteiger partial charge in [-0.15, -0.1) is 0 Å². The first-order chi connectivity index (χ1) is 16.2. The Morgan fingerprint density at radius 3 is 2.67 bits per heavy atom. The fraction of sp³-hybridized carbons (Fsp3) is 0.409. The third-order valence-corrected chi connectivity index (χ3v) is 6.28. The van der Waals surface area contributed by atoms with E-state index in [4.69, 9.17) is 26.0 Å². The summed E-state index contributed by atoms with van der Waals surface area (Å²) in [5.41, 5.74) is 3.01. The fourth-order valence-corrected chi connectivity index (χ4v) is 4.59. The topological polar surface area (TPSA) is 107 Å². The third kappa shape index (κ3) is 3.35. The van der Waals surface area contributed by atoms with Gasteiger partial charge in [0.15, 0.2) is 17.2 Å². The zero-order valence-electron chi connectivity index (χ0n) is 17.9. The van der Waals surface area contributed by atoms with E-state index in [0.717, 1.165) is 23.9 Å². The van der Waals surface area contributed by atoms with E-state index >= 15 is 0 Å². The molecule has 0 spiro atoms. The number of morpholine rings is 1. The molecule has 0 unspecified atom stereocenters. The second-order valence-corrected chi connectivity index (χ2v) is 8.19. The van der Waals surface area contributed by atoms with Crippen LogP contribution in [-0.2, 0) is 9.47 Å². The van der Waals surface area contributed by atoms with Gasteiger partial charge < -0.3 is 19.4 Å². The summed E-state index contributed by atoms with van der Waals surface area (Å²) in [4.78, 5) is 35.9. The maximum atomic E-state index is 13.1. The predicted molar refractivity (Wildman–Crippen MR) is 121 cm³/mol. The minimum absolute atomic E-state index is 0.00791. The van der Waals surface area contributed by atoms with Gasteiger partial charge in [0.05, 0.1) is 30.8 Å². The van der Waals surface area contributed by atoms with Crippen LogP contribution in [0.15, 0.2) is 29.3 Å². The Morgan fingerprint density at radius 1 is 1.09 bits per heavy atom. The number of rotatable bonds is 3. The Kier molecular flexibility index (Phi) is 4.82. The summed E-state index contributed by atoms with van der Waals surface area (Å²) in [6.45, 7) is 11.1. The molecule has 0 atom stereocenters. The monoisotopic (exact) mass is 446 g/mol. The first-order valence-electron chi connectivity index (χ1n) is 11.0. The number of benzene rings is 1. The van der Waals surface area contributed by atoms with Gasteiger partial charge in [0.1, 0.15) is 11.8 Å². The van der Waals surface area contributed by atoms with Gasteiger partial charge in [-0.3, -0.25) is 9.13 Å². The van der Waals surface area contributed by atoms with E-state index in [1.807, 2.05) is 6.07 Å². The van der Waals surface area contributed by atoms with Gasteiger partial charge in [-0.1, -0.05) is 6.07 Å². The first kappa shape index (κ1) is 19.9. The summed E-state index contributed by atoms with van der Waals surface area (Å²) >= 11 is 0. The van der Waals surface area contributed by atoms with Crippen LogP contribution in [-0.4, -0.2) is 68.6 Å². The molecule has 0 radical (unpaired) electrons. The second kappa shape index (κ2) is 7.99. The average molecular weight is 446 g/mol. The van der Waals surface area contributed by atoms with Crippen molar-refractivity contribution in [2.45, 2.75) is 18.9 Å². The quantitative estimate of drug-likeness (QED) is 0.481. The van der Waals surface area contributed by atoms with Gasteiger partial charge in [-0.05, 0) is 25.0 Å². The highest BCUT2D eigenvalue weighted by atomic mass is 16.5. The molecule has 3 aromatic heterocycles. The van der Waals surface area contributed by atoms with Crippen molar-refractivity contribution >= 4 is 33.7 Å². The Hall–Kier alpha value is -3.75. The molecule has 11 heteroatoms. The molecule has 2 saturated heterocycles. The molecular weight excluding hydrogens is 424 g/mol. The van der Waals surface area contributed by atoms with Crippen LogP contribution < -0.4 is 10.6 Å². The largest absolute Gasteiger partial charge is 0.381 e. The van der Waals surface area contributed by atoms with Crippen LogP contribution >= 0.6 is 0 Å². The van der Waals surface area contributed by atoms with E-state index in [1.54, 1.807) is 27.6 Å². The molecule has 1 aromatic carbocycles. The van der Waals surface area contributed by atoms with E-state index in [0.29, 0.717) is 68.1 Å². The smallest absolute Gasteiger partial charge is 0.328 e. The normalized spacial score (nSPS) is 17.6. The summed E-state index contributed by atoms with van der Waals surface area (Å²) in [5, 5.41) is 0. The molecule has 0 saturated carbocycles. The van der Waals surface area contributed by atoms with Crippen LogP contribution in [0.5, 0.6) is 0 Å². The number of aromatic amines is 1. The fourth-order valence-electron chi connectivity index (χ4n) is 4.59. The molecule has 6 rings (SSSR count). The van der Waals surface area contributed by atoms with Crippen LogP contribution in [0.1, 0.15) is 18.9 Å². The van der Waals surface area contributed by atoms with Gasteiger partial charge in [0.2, 0.25) is 5.95 Å². The molecule has 11 nitrogen and oxygen atoms in total. The number of ether oxygens (including phenoxy) is 2. The number of imidazole rings is 2. The highest BCUT2D eigenvalue weighted by molar-refractivity contribution is 5.86. The molecule has 168 valence electrons. The standard InChI is InChI=1S/C22H22N8O3/c1-23-14-2-3-16-17(12-14)29(13-24-16)21-26-19(28-6-10-33-11-7-28)18-20(27-21)30(22(31)25-18)15-4-8-32-9-5-15/h2-3,12-13,15H,4-11H2,(H,25,31). The van der Waals surface area contributed by atoms with Gasteiger partial charge in [0, 0.05) is 32.3 Å². The molecule has 4 aromatic rings. The molecule has 33 heavy (non-hydrogen) atoms. The lowest BCUT2D eigenvalue weighted by molar-refractivity contribution is 0.0697. The molecule has 5 heterocycles. The minimum atomic E-state index is -0.191. The van der Waals surface area contributed by atoms with Crippen molar-refractivity contribution < 1.29 is 9.47 Å². The maximum absolute atomic E-state index is 13.1. The lowest BCUT2D eigenvalue weighted by Crippen LogP contribution is -2.37. The minimum Gasteiger partial charge on any atom is -0.381 e. The summed E-state index contributed by atoms with van der Waals surface area (Å²) < 4.78 is 14.6. The molecule has 0 amide bonds. The predicted octanol–water partition coefficient (Wildman–Crippen LogP) is 2.20. The van der Waals surface area contributed by atoms with Gasteiger partial charge >= 0.3 is 5.69 Å². The van der Waals surface area contributed by atoms with Crippen molar-refractivity contribution in [2.75, 3.05) is 44.4 Å². The summed E-state index contributed by atoms with van der Waals surface area (Å²) in [6.07, 6.45) is 3.16. The number of hydrogen-bond donors (Lipinski definition) is 1. The van der Waals surface area contributed by atoms with Gasteiger partial charge in [0.25, 0.3) is 0 Å². The number of nitrogens with one attached hydrogen (secondary N) is 1. The number of anilines is 1. The van der Waals surface area contributed by atoms with Crippen LogP contribution in [0.4, 0.5) is 11.5 Å². The number of aromatic nitrogens is 6. The van der Waals surface area contributed by atoms with E-state index < -0.39 is 0 Å². The lowest BCUT2D eigenvalue weighted by atomic mass is 10.1. The molecule has 2 aliphatic rings. The SMILES string of the molecule is [C-]#[N+]c1ccc2ncn(-c3nc(N4CCOCC4)c4[nH]c(=O)n(C5CCOCC5)c4n3)c2c1. The van der Waals surface area contributed by atoms with Gasteiger partial charge in [-0.2, -0.15) is 9.97 Å². The molecule has 2 fully saturated rings. The number of fused-ring (bicyclic) bond motifs is 2.